The first-order valence-corrected chi connectivity index (χ1v) is 7.03. The van der Waals surface area contributed by atoms with Gasteiger partial charge >= 0.3 is 0 Å². The maximum Gasteiger partial charge on any atom is 0.171 e. The zero-order valence-corrected chi connectivity index (χ0v) is 13.3. The molecule has 1 aliphatic rings. The topological polar surface area (TPSA) is 35.5 Å². The summed E-state index contributed by atoms with van der Waals surface area (Å²) in [6.07, 6.45) is 3.06. The fourth-order valence-electron chi connectivity index (χ4n) is 3.28. The van der Waals surface area contributed by atoms with Crippen LogP contribution in [0.3, 0.4) is 0 Å². The predicted octanol–water partition coefficient (Wildman–Crippen LogP) is 3.87. The smallest absolute Gasteiger partial charge is 0.171 e. The van der Waals surface area contributed by atoms with E-state index in [2.05, 4.69) is 27.7 Å². The number of methoxy groups -OCH3 is 2. The zero-order valence-electron chi connectivity index (χ0n) is 13.3. The van der Waals surface area contributed by atoms with Crippen LogP contribution < -0.4 is 9.47 Å². The average molecular weight is 276 g/mol. The number of carbonyl (C=O) groups is 1. The molecule has 0 saturated heterocycles. The number of rotatable bonds is 3. The van der Waals surface area contributed by atoms with E-state index in [1.165, 1.54) is 5.56 Å². The molecule has 1 aromatic rings. The minimum Gasteiger partial charge on any atom is -0.493 e. The molecule has 0 aliphatic heterocycles. The van der Waals surface area contributed by atoms with E-state index >= 15 is 0 Å². The van der Waals surface area contributed by atoms with E-state index in [9.17, 15) is 4.79 Å². The molecule has 0 fully saturated rings. The van der Waals surface area contributed by atoms with E-state index in [0.29, 0.717) is 17.1 Å². The highest BCUT2D eigenvalue weighted by molar-refractivity contribution is 5.86. The second-order valence-electron chi connectivity index (χ2n) is 6.83. The molecule has 0 spiro atoms. The third-order valence-corrected chi connectivity index (χ3v) is 4.61. The lowest BCUT2D eigenvalue weighted by Gasteiger charge is -2.43. The summed E-state index contributed by atoms with van der Waals surface area (Å²) in [4.78, 5) is 11.7. The van der Waals surface area contributed by atoms with Gasteiger partial charge in [-0.2, -0.15) is 0 Å². The molecule has 0 unspecified atom stereocenters. The van der Waals surface area contributed by atoms with Crippen molar-refractivity contribution in [1.82, 2.24) is 0 Å². The molecular weight excluding hydrogens is 252 g/mol. The first kappa shape index (κ1) is 14.9. The quantitative estimate of drug-likeness (QED) is 0.786. The van der Waals surface area contributed by atoms with Crippen molar-refractivity contribution in [3.8, 4) is 11.5 Å². The molecular formula is C17H24O3. The van der Waals surface area contributed by atoms with Crippen molar-refractivity contribution in [2.75, 3.05) is 14.2 Å². The lowest BCUT2D eigenvalue weighted by molar-refractivity contribution is 0.111. The number of carbonyl (C=O) groups excluding carboxylic acids is 1. The van der Waals surface area contributed by atoms with E-state index in [-0.39, 0.29) is 10.8 Å². The molecule has 0 bridgehead atoms. The fourth-order valence-corrected chi connectivity index (χ4v) is 3.28. The summed E-state index contributed by atoms with van der Waals surface area (Å²) in [5.41, 5.74) is 2.97. The van der Waals surface area contributed by atoms with Crippen LogP contribution in [0.15, 0.2) is 6.07 Å². The highest BCUT2D eigenvalue weighted by Crippen LogP contribution is 2.51. The molecule has 0 saturated carbocycles. The van der Waals surface area contributed by atoms with Gasteiger partial charge in [-0.3, -0.25) is 4.79 Å². The van der Waals surface area contributed by atoms with Gasteiger partial charge in [-0.25, -0.2) is 0 Å². The molecule has 0 radical (unpaired) electrons. The number of ether oxygens (including phenoxy) is 2. The standard InChI is InChI=1S/C17H24O3/c1-16(2)7-8-17(3,4)14-11(10-18)15(20-6)13(19-5)9-12(14)16/h9-10H,7-8H2,1-6H3. The summed E-state index contributed by atoms with van der Waals surface area (Å²) in [6.45, 7) is 8.84. The largest absolute Gasteiger partial charge is 0.493 e. The maximum atomic E-state index is 11.7. The SMILES string of the molecule is COc1cc2c(c(C=O)c1OC)C(C)(C)CCC2(C)C. The molecule has 2 rings (SSSR count). The van der Waals surface area contributed by atoms with Gasteiger partial charge in [-0.15, -0.1) is 0 Å². The minimum atomic E-state index is -0.0271. The highest BCUT2D eigenvalue weighted by atomic mass is 16.5. The fraction of sp³-hybridized carbons (Fsp3) is 0.588. The second kappa shape index (κ2) is 4.80. The Morgan fingerprint density at radius 3 is 2.15 bits per heavy atom. The van der Waals surface area contributed by atoms with Crippen LogP contribution in [-0.4, -0.2) is 20.5 Å². The molecule has 0 heterocycles. The summed E-state index contributed by atoms with van der Waals surface area (Å²) in [6, 6.07) is 2.04. The van der Waals surface area contributed by atoms with E-state index in [1.807, 2.05) is 6.07 Å². The normalized spacial score (nSPS) is 19.1. The number of aldehydes is 1. The van der Waals surface area contributed by atoms with Crippen LogP contribution >= 0.6 is 0 Å². The Balaban J connectivity index is 2.88. The predicted molar refractivity (Wildman–Crippen MR) is 80.2 cm³/mol. The van der Waals surface area contributed by atoms with E-state index < -0.39 is 0 Å². The minimum absolute atomic E-state index is 0.0271. The Bertz CT molecular complexity index is 542. The molecule has 0 N–H and O–H groups in total. The average Bonchev–Trinajstić information content (AvgIpc) is 2.41. The van der Waals surface area contributed by atoms with Crippen molar-refractivity contribution in [2.24, 2.45) is 0 Å². The monoisotopic (exact) mass is 276 g/mol. The molecule has 20 heavy (non-hydrogen) atoms. The molecule has 3 nitrogen and oxygen atoms in total. The van der Waals surface area contributed by atoms with Gasteiger partial charge in [0, 0.05) is 0 Å². The summed E-state index contributed by atoms with van der Waals surface area (Å²) in [7, 11) is 3.19. The van der Waals surface area contributed by atoms with Gasteiger partial charge in [0.1, 0.15) is 0 Å². The summed E-state index contributed by atoms with van der Waals surface area (Å²) >= 11 is 0. The summed E-state index contributed by atoms with van der Waals surface area (Å²) in [5, 5.41) is 0. The molecule has 0 amide bonds. The molecule has 0 atom stereocenters. The van der Waals surface area contributed by atoms with Crippen LogP contribution in [0.1, 0.15) is 62.0 Å². The van der Waals surface area contributed by atoms with Crippen LogP contribution in [0.2, 0.25) is 0 Å². The van der Waals surface area contributed by atoms with Crippen LogP contribution in [0, 0.1) is 0 Å². The Morgan fingerprint density at radius 2 is 1.65 bits per heavy atom. The van der Waals surface area contributed by atoms with Crippen molar-refractivity contribution in [1.29, 1.82) is 0 Å². The number of hydrogen-bond donors (Lipinski definition) is 0. The van der Waals surface area contributed by atoms with Crippen LogP contribution in [0.4, 0.5) is 0 Å². The van der Waals surface area contributed by atoms with E-state index in [4.69, 9.17) is 9.47 Å². The van der Waals surface area contributed by atoms with Crippen molar-refractivity contribution < 1.29 is 14.3 Å². The third-order valence-electron chi connectivity index (χ3n) is 4.61. The van der Waals surface area contributed by atoms with Gasteiger partial charge in [0.25, 0.3) is 0 Å². The van der Waals surface area contributed by atoms with Gasteiger partial charge in [0.15, 0.2) is 17.8 Å². The van der Waals surface area contributed by atoms with Crippen molar-refractivity contribution >= 4 is 6.29 Å². The second-order valence-corrected chi connectivity index (χ2v) is 6.83. The molecule has 1 aliphatic carbocycles. The van der Waals surface area contributed by atoms with Crippen LogP contribution in [0.25, 0.3) is 0 Å². The van der Waals surface area contributed by atoms with Crippen molar-refractivity contribution in [2.45, 2.75) is 51.4 Å². The third kappa shape index (κ3) is 2.09. The Kier molecular flexibility index (Phi) is 3.57. The van der Waals surface area contributed by atoms with E-state index in [1.54, 1.807) is 14.2 Å². The first-order valence-electron chi connectivity index (χ1n) is 7.03. The summed E-state index contributed by atoms with van der Waals surface area (Å²) < 4.78 is 10.9. The Labute approximate surface area is 121 Å². The van der Waals surface area contributed by atoms with Gasteiger partial charge < -0.3 is 9.47 Å². The molecule has 3 heteroatoms. The number of benzene rings is 1. The lowest BCUT2D eigenvalue weighted by atomic mass is 9.62. The van der Waals surface area contributed by atoms with Crippen LogP contribution in [-0.2, 0) is 10.8 Å². The molecule has 1 aromatic carbocycles. The van der Waals surface area contributed by atoms with Crippen LogP contribution in [0.5, 0.6) is 11.5 Å². The molecule has 110 valence electrons. The lowest BCUT2D eigenvalue weighted by Crippen LogP contribution is -2.35. The van der Waals surface area contributed by atoms with Crippen molar-refractivity contribution in [3.05, 3.63) is 22.8 Å². The first-order chi connectivity index (χ1) is 9.28. The van der Waals surface area contributed by atoms with Gasteiger partial charge in [-0.05, 0) is 40.9 Å². The summed E-state index contributed by atoms with van der Waals surface area (Å²) in [5.74, 6) is 1.19. The molecule has 0 aromatic heterocycles. The Hall–Kier alpha value is -1.51. The number of hydrogen-bond acceptors (Lipinski definition) is 3. The van der Waals surface area contributed by atoms with Gasteiger partial charge in [0.05, 0.1) is 19.8 Å². The Morgan fingerprint density at radius 1 is 1.05 bits per heavy atom. The zero-order chi connectivity index (χ0) is 15.1. The van der Waals surface area contributed by atoms with Gasteiger partial charge in [-0.1, -0.05) is 27.7 Å². The highest BCUT2D eigenvalue weighted by Gasteiger charge is 2.40. The van der Waals surface area contributed by atoms with Gasteiger partial charge in [0.2, 0.25) is 0 Å². The van der Waals surface area contributed by atoms with Crippen molar-refractivity contribution in [3.63, 3.8) is 0 Å². The maximum absolute atomic E-state index is 11.7. The van der Waals surface area contributed by atoms with E-state index in [0.717, 1.165) is 24.7 Å². The number of fused-ring (bicyclic) bond motifs is 1.